The highest BCUT2D eigenvalue weighted by atomic mass is 32.2. The van der Waals surface area contributed by atoms with Crippen LogP contribution in [0.4, 0.5) is 5.69 Å². The van der Waals surface area contributed by atoms with Gasteiger partial charge in [-0.1, -0.05) is 26.7 Å². The van der Waals surface area contributed by atoms with Crippen LogP contribution < -0.4 is 5.32 Å². The normalized spacial score (nSPS) is 20.8. The van der Waals surface area contributed by atoms with E-state index in [1.165, 1.54) is 18.5 Å². The fraction of sp³-hybridized carbons (Fsp3) is 0.500. The second kappa shape index (κ2) is 9.90. The van der Waals surface area contributed by atoms with Gasteiger partial charge >= 0.3 is 5.97 Å². The van der Waals surface area contributed by atoms with Crippen molar-refractivity contribution in [2.24, 2.45) is 18.9 Å². The number of hydrogen-bond acceptors (Lipinski definition) is 8. The molecule has 1 fully saturated rings. The Balaban J connectivity index is 1.62. The lowest BCUT2D eigenvalue weighted by Gasteiger charge is -2.34. The van der Waals surface area contributed by atoms with Gasteiger partial charge in [0.25, 0.3) is 11.6 Å². The Bertz CT molecular complexity index is 979. The van der Waals surface area contributed by atoms with Crippen LogP contribution in [0.5, 0.6) is 0 Å². The first-order chi connectivity index (χ1) is 14.8. The summed E-state index contributed by atoms with van der Waals surface area (Å²) in [7, 11) is 1.72. The molecule has 1 aromatic carbocycles. The van der Waals surface area contributed by atoms with Gasteiger partial charge in [-0.15, -0.1) is 10.2 Å². The van der Waals surface area contributed by atoms with E-state index in [9.17, 15) is 19.7 Å². The molecule has 31 heavy (non-hydrogen) atoms. The molecule has 0 unspecified atom stereocenters. The van der Waals surface area contributed by atoms with Crippen LogP contribution in [0.25, 0.3) is 0 Å². The molecule has 3 atom stereocenters. The minimum Gasteiger partial charge on any atom is -0.452 e. The van der Waals surface area contributed by atoms with Crippen LogP contribution >= 0.6 is 11.8 Å². The summed E-state index contributed by atoms with van der Waals surface area (Å²) >= 11 is 1.07. The Hall–Kier alpha value is -2.95. The van der Waals surface area contributed by atoms with Crippen LogP contribution in [0.2, 0.25) is 0 Å². The molecule has 10 nitrogen and oxygen atoms in total. The Morgan fingerprint density at radius 1 is 1.35 bits per heavy atom. The number of nitrogens with one attached hydrogen (secondary N) is 1. The summed E-state index contributed by atoms with van der Waals surface area (Å²) in [5, 5.41) is 22.5. The zero-order chi connectivity index (χ0) is 22.5. The van der Waals surface area contributed by atoms with E-state index in [-0.39, 0.29) is 23.2 Å². The van der Waals surface area contributed by atoms with Gasteiger partial charge in [-0.2, -0.15) is 0 Å². The number of carbonyl (C=O) groups is 2. The molecule has 11 heteroatoms. The smallest absolute Gasteiger partial charge is 0.338 e. The molecule has 1 aromatic heterocycles. The molecular formula is C20H25N5O5S. The SMILES string of the molecule is C[C@H]1[C@H](C)CCC[C@H]1NC(=O)COC(=O)c1ccc(Sc2nncn2C)c([N+](=O)[O-])c1. The highest BCUT2D eigenvalue weighted by Gasteiger charge is 2.28. The summed E-state index contributed by atoms with van der Waals surface area (Å²) in [5.74, 6) is -0.281. The van der Waals surface area contributed by atoms with Crippen molar-refractivity contribution in [2.45, 2.75) is 49.2 Å². The van der Waals surface area contributed by atoms with Crippen LogP contribution in [0.3, 0.4) is 0 Å². The first kappa shape index (κ1) is 22.7. The van der Waals surface area contributed by atoms with E-state index in [0.717, 1.165) is 37.1 Å². The van der Waals surface area contributed by atoms with Crippen molar-refractivity contribution in [3.05, 3.63) is 40.2 Å². The number of aromatic nitrogens is 3. The van der Waals surface area contributed by atoms with Gasteiger partial charge in [-0.05, 0) is 42.2 Å². The molecule has 3 rings (SSSR count). The molecule has 0 aliphatic heterocycles. The summed E-state index contributed by atoms with van der Waals surface area (Å²) < 4.78 is 6.71. The zero-order valence-electron chi connectivity index (χ0n) is 17.6. The van der Waals surface area contributed by atoms with E-state index in [4.69, 9.17) is 4.74 Å². The molecular weight excluding hydrogens is 422 g/mol. The van der Waals surface area contributed by atoms with E-state index < -0.39 is 17.5 Å². The molecule has 1 heterocycles. The largest absolute Gasteiger partial charge is 0.452 e. The summed E-state index contributed by atoms with van der Waals surface area (Å²) in [6, 6.07) is 4.09. The summed E-state index contributed by atoms with van der Waals surface area (Å²) in [6.07, 6.45) is 4.59. The van der Waals surface area contributed by atoms with E-state index in [1.54, 1.807) is 11.6 Å². The summed E-state index contributed by atoms with van der Waals surface area (Å²) in [5.41, 5.74) is -0.251. The van der Waals surface area contributed by atoms with E-state index in [0.29, 0.717) is 21.9 Å². The number of ether oxygens (including phenoxy) is 1. The quantitative estimate of drug-likeness (QED) is 0.390. The average Bonchev–Trinajstić information content (AvgIpc) is 3.14. The maximum Gasteiger partial charge on any atom is 0.338 e. The van der Waals surface area contributed by atoms with Gasteiger partial charge in [0.1, 0.15) is 6.33 Å². The number of nitro groups is 1. The minimum atomic E-state index is -0.793. The molecule has 0 bridgehead atoms. The van der Waals surface area contributed by atoms with Crippen LogP contribution in [-0.2, 0) is 16.6 Å². The average molecular weight is 448 g/mol. The van der Waals surface area contributed by atoms with Gasteiger partial charge in [-0.25, -0.2) is 4.79 Å². The lowest BCUT2D eigenvalue weighted by Crippen LogP contribution is -2.45. The fourth-order valence-electron chi connectivity index (χ4n) is 3.59. The predicted molar refractivity (Wildman–Crippen MR) is 113 cm³/mol. The highest BCUT2D eigenvalue weighted by molar-refractivity contribution is 7.99. The number of rotatable bonds is 7. The minimum absolute atomic E-state index is 0.00136. The number of aryl methyl sites for hydroxylation is 1. The van der Waals surface area contributed by atoms with Crippen molar-refractivity contribution < 1.29 is 19.2 Å². The molecule has 1 N–H and O–H groups in total. The third-order valence-corrected chi connectivity index (χ3v) is 6.77. The van der Waals surface area contributed by atoms with Crippen molar-refractivity contribution in [3.63, 3.8) is 0 Å². The zero-order valence-corrected chi connectivity index (χ0v) is 18.4. The maximum absolute atomic E-state index is 12.4. The predicted octanol–water partition coefficient (Wildman–Crippen LogP) is 2.97. The number of benzene rings is 1. The van der Waals surface area contributed by atoms with Gasteiger partial charge in [0.2, 0.25) is 0 Å². The standard InChI is InChI=1S/C20H25N5O5S/c1-12-5-4-6-15(13(12)2)22-18(26)10-30-19(27)14-7-8-17(16(9-14)25(28)29)31-20-23-21-11-24(20)3/h7-9,11-13,15H,4-6,10H2,1-3H3,(H,22,26)/t12-,13+,15-/m1/s1. The topological polar surface area (TPSA) is 129 Å². The van der Waals surface area contributed by atoms with Gasteiger partial charge in [0, 0.05) is 19.2 Å². The Morgan fingerprint density at radius 2 is 2.13 bits per heavy atom. The third-order valence-electron chi connectivity index (χ3n) is 5.65. The van der Waals surface area contributed by atoms with E-state index >= 15 is 0 Å². The van der Waals surface area contributed by atoms with Crippen molar-refractivity contribution in [1.82, 2.24) is 20.1 Å². The summed E-state index contributed by atoms with van der Waals surface area (Å²) in [4.78, 5) is 35.8. The maximum atomic E-state index is 12.4. The van der Waals surface area contributed by atoms with Crippen LogP contribution in [0.1, 0.15) is 43.5 Å². The van der Waals surface area contributed by atoms with E-state index in [2.05, 4.69) is 29.4 Å². The van der Waals surface area contributed by atoms with Crippen molar-refractivity contribution in [2.75, 3.05) is 6.61 Å². The van der Waals surface area contributed by atoms with Crippen molar-refractivity contribution in [3.8, 4) is 0 Å². The number of hydrogen-bond donors (Lipinski definition) is 1. The molecule has 0 radical (unpaired) electrons. The molecule has 2 aromatic rings. The first-order valence-corrected chi connectivity index (χ1v) is 10.8. The number of amides is 1. The van der Waals surface area contributed by atoms with Crippen LogP contribution in [0, 0.1) is 22.0 Å². The second-order valence-corrected chi connectivity index (χ2v) is 8.79. The molecule has 0 spiro atoms. The van der Waals surface area contributed by atoms with E-state index in [1.807, 2.05) is 0 Å². The number of esters is 1. The van der Waals surface area contributed by atoms with Gasteiger partial charge in [0.05, 0.1) is 15.4 Å². The number of carbonyl (C=O) groups excluding carboxylic acids is 2. The number of nitro benzene ring substituents is 1. The Labute approximate surface area is 183 Å². The summed E-state index contributed by atoms with van der Waals surface area (Å²) in [6.45, 7) is 3.85. The second-order valence-electron chi connectivity index (χ2n) is 7.78. The monoisotopic (exact) mass is 447 g/mol. The molecule has 1 aliphatic rings. The van der Waals surface area contributed by atoms with Gasteiger partial charge in [0.15, 0.2) is 11.8 Å². The Morgan fingerprint density at radius 3 is 2.81 bits per heavy atom. The molecule has 1 saturated carbocycles. The molecule has 166 valence electrons. The van der Waals surface area contributed by atoms with Crippen LogP contribution in [-0.4, -0.2) is 44.2 Å². The van der Waals surface area contributed by atoms with Crippen molar-refractivity contribution in [1.29, 1.82) is 0 Å². The van der Waals surface area contributed by atoms with Crippen LogP contribution in [0.15, 0.2) is 34.6 Å². The molecule has 1 amide bonds. The highest BCUT2D eigenvalue weighted by Crippen LogP contribution is 2.34. The van der Waals surface area contributed by atoms with Gasteiger partial charge < -0.3 is 14.6 Å². The van der Waals surface area contributed by atoms with Crippen molar-refractivity contribution >= 4 is 29.3 Å². The Kier molecular flexibility index (Phi) is 7.26. The number of nitrogens with zero attached hydrogens (tertiary/aromatic N) is 4. The molecule has 1 aliphatic carbocycles. The fourth-order valence-corrected chi connectivity index (χ4v) is 4.44. The first-order valence-electron chi connectivity index (χ1n) is 10.0. The van der Waals surface area contributed by atoms with Gasteiger partial charge in [-0.3, -0.25) is 14.9 Å². The third kappa shape index (κ3) is 5.60. The lowest BCUT2D eigenvalue weighted by atomic mass is 9.78. The lowest BCUT2D eigenvalue weighted by molar-refractivity contribution is -0.387. The molecule has 0 saturated heterocycles.